The van der Waals surface area contributed by atoms with Gasteiger partial charge in [-0.3, -0.25) is 0 Å². The van der Waals surface area contributed by atoms with Crippen LogP contribution in [0.2, 0.25) is 0 Å². The van der Waals surface area contributed by atoms with E-state index >= 15 is 0 Å². The molecule has 120 valence electrons. The van der Waals surface area contributed by atoms with E-state index in [1.54, 1.807) is 16.6 Å². The molecule has 4 nitrogen and oxygen atoms in total. The molecule has 21 heavy (non-hydrogen) atoms. The molecule has 0 amide bonds. The lowest BCUT2D eigenvalue weighted by molar-refractivity contribution is 0.444. The first-order valence-electron chi connectivity index (χ1n) is 7.78. The molecule has 0 aromatic carbocycles. The van der Waals surface area contributed by atoms with E-state index < -0.39 is 10.0 Å². The minimum absolute atomic E-state index is 0.341. The van der Waals surface area contributed by atoms with Gasteiger partial charge in [-0.25, -0.2) is 8.42 Å². The average molecular weight is 333 g/mol. The van der Waals surface area contributed by atoms with Crippen LogP contribution in [0.4, 0.5) is 0 Å². The van der Waals surface area contributed by atoms with Crippen molar-refractivity contribution in [3.8, 4) is 0 Å². The quantitative estimate of drug-likeness (QED) is 0.718. The van der Waals surface area contributed by atoms with Crippen LogP contribution < -0.4 is 0 Å². The number of rotatable bonds is 7. The summed E-state index contributed by atoms with van der Waals surface area (Å²) in [6.45, 7) is 6.32. The zero-order valence-electron chi connectivity index (χ0n) is 12.9. The molecule has 1 aromatic heterocycles. The minimum Gasteiger partial charge on any atom is -0.349 e. The number of halogens is 1. The van der Waals surface area contributed by atoms with Crippen molar-refractivity contribution in [2.45, 2.75) is 56.9 Å². The predicted octanol–water partition coefficient (Wildman–Crippen LogP) is 3.45. The van der Waals surface area contributed by atoms with Crippen molar-refractivity contribution >= 4 is 21.6 Å². The van der Waals surface area contributed by atoms with Crippen molar-refractivity contribution in [1.29, 1.82) is 0 Å². The summed E-state index contributed by atoms with van der Waals surface area (Å²) in [6, 6.07) is 1.73. The molecule has 6 heteroatoms. The Balaban J connectivity index is 2.20. The third-order valence-electron chi connectivity index (χ3n) is 4.15. The number of sulfonamides is 1. The molecule has 0 spiro atoms. The third kappa shape index (κ3) is 3.63. The van der Waals surface area contributed by atoms with E-state index in [0.29, 0.717) is 29.8 Å². The summed E-state index contributed by atoms with van der Waals surface area (Å²) in [6.07, 6.45) is 5.90. The largest absolute Gasteiger partial charge is 0.349 e. The highest BCUT2D eigenvalue weighted by Crippen LogP contribution is 2.28. The van der Waals surface area contributed by atoms with Gasteiger partial charge in [0.05, 0.1) is 5.88 Å². The molecule has 1 fully saturated rings. The summed E-state index contributed by atoms with van der Waals surface area (Å²) in [5, 5.41) is 0. The van der Waals surface area contributed by atoms with Gasteiger partial charge in [-0.1, -0.05) is 20.3 Å². The summed E-state index contributed by atoms with van der Waals surface area (Å²) < 4.78 is 29.1. The molecule has 0 N–H and O–H groups in total. The van der Waals surface area contributed by atoms with Gasteiger partial charge in [-0.05, 0) is 31.2 Å². The van der Waals surface area contributed by atoms with Crippen LogP contribution in [-0.2, 0) is 22.4 Å². The van der Waals surface area contributed by atoms with E-state index in [1.165, 1.54) is 0 Å². The maximum absolute atomic E-state index is 12.7. The highest BCUT2D eigenvalue weighted by Gasteiger charge is 2.33. The number of hydrogen-bond acceptors (Lipinski definition) is 2. The molecular weight excluding hydrogens is 308 g/mol. The molecule has 1 atom stereocenters. The predicted molar refractivity (Wildman–Crippen MR) is 86.1 cm³/mol. The van der Waals surface area contributed by atoms with Crippen molar-refractivity contribution in [3.63, 3.8) is 0 Å². The van der Waals surface area contributed by atoms with Crippen molar-refractivity contribution in [2.75, 3.05) is 13.1 Å². The fourth-order valence-corrected chi connectivity index (χ4v) is 4.86. The molecule has 1 saturated heterocycles. The molecule has 1 aliphatic heterocycles. The van der Waals surface area contributed by atoms with Crippen molar-refractivity contribution < 1.29 is 8.42 Å². The van der Waals surface area contributed by atoms with E-state index in [-0.39, 0.29) is 0 Å². The molecular formula is C15H25ClN2O2S. The normalized spacial score (nSPS) is 20.2. The van der Waals surface area contributed by atoms with E-state index in [0.717, 1.165) is 37.9 Å². The van der Waals surface area contributed by atoms with Gasteiger partial charge < -0.3 is 4.57 Å². The molecule has 2 rings (SSSR count). The average Bonchev–Trinajstić information content (AvgIpc) is 3.07. The molecule has 0 bridgehead atoms. The van der Waals surface area contributed by atoms with Crippen LogP contribution in [0.25, 0.3) is 0 Å². The lowest BCUT2D eigenvalue weighted by Gasteiger charge is -2.15. The van der Waals surface area contributed by atoms with Gasteiger partial charge >= 0.3 is 0 Å². The standard InChI is InChI=1S/C15H25ClN2O2S/c1-3-5-13-6-8-18(11-13)21(19,20)15-9-14(10-16)17(12-15)7-4-2/h9,12-13H,3-8,10-11H2,1-2H3. The van der Waals surface area contributed by atoms with E-state index in [1.807, 2.05) is 4.57 Å². The fraction of sp³-hybridized carbons (Fsp3) is 0.733. The first kappa shape index (κ1) is 16.8. The van der Waals surface area contributed by atoms with Gasteiger partial charge in [0, 0.05) is 31.5 Å². The Bertz CT molecular complexity index is 568. The number of alkyl halides is 1. The number of hydrogen-bond donors (Lipinski definition) is 0. The van der Waals surface area contributed by atoms with Crippen LogP contribution >= 0.6 is 11.6 Å². The van der Waals surface area contributed by atoms with Crippen molar-refractivity contribution in [2.24, 2.45) is 5.92 Å². The number of nitrogens with zero attached hydrogens (tertiary/aromatic N) is 2. The molecule has 0 saturated carbocycles. The summed E-state index contributed by atoms with van der Waals surface area (Å²) in [7, 11) is -3.37. The Morgan fingerprint density at radius 2 is 2.10 bits per heavy atom. The lowest BCUT2D eigenvalue weighted by Crippen LogP contribution is -2.28. The zero-order chi connectivity index (χ0) is 15.5. The van der Waals surface area contributed by atoms with Gasteiger partial charge in [0.2, 0.25) is 10.0 Å². The molecule has 2 heterocycles. The van der Waals surface area contributed by atoms with Crippen molar-refractivity contribution in [1.82, 2.24) is 8.87 Å². The summed E-state index contributed by atoms with van der Waals surface area (Å²) >= 11 is 5.93. The summed E-state index contributed by atoms with van der Waals surface area (Å²) in [4.78, 5) is 0.392. The second-order valence-corrected chi connectivity index (χ2v) is 8.01. The van der Waals surface area contributed by atoms with Gasteiger partial charge in [0.1, 0.15) is 4.90 Å². The molecule has 1 aliphatic rings. The zero-order valence-corrected chi connectivity index (χ0v) is 14.5. The molecule has 0 radical (unpaired) electrons. The fourth-order valence-electron chi connectivity index (χ4n) is 3.03. The van der Waals surface area contributed by atoms with Crippen LogP contribution in [0.15, 0.2) is 17.2 Å². The van der Waals surface area contributed by atoms with Crippen LogP contribution in [0.1, 0.15) is 45.2 Å². The maximum Gasteiger partial charge on any atom is 0.244 e. The van der Waals surface area contributed by atoms with Gasteiger partial charge in [-0.15, -0.1) is 11.6 Å². The second kappa shape index (κ2) is 7.16. The van der Waals surface area contributed by atoms with E-state index in [9.17, 15) is 8.42 Å². The third-order valence-corrected chi connectivity index (χ3v) is 6.25. The summed E-state index contributed by atoms with van der Waals surface area (Å²) in [5.74, 6) is 0.851. The topological polar surface area (TPSA) is 42.3 Å². The van der Waals surface area contributed by atoms with Crippen LogP contribution in [-0.4, -0.2) is 30.4 Å². The van der Waals surface area contributed by atoms with Gasteiger partial charge in [0.25, 0.3) is 0 Å². The highest BCUT2D eigenvalue weighted by atomic mass is 35.5. The Morgan fingerprint density at radius 3 is 2.71 bits per heavy atom. The number of aromatic nitrogens is 1. The monoisotopic (exact) mass is 332 g/mol. The minimum atomic E-state index is -3.37. The first-order chi connectivity index (χ1) is 10.0. The van der Waals surface area contributed by atoms with Crippen LogP contribution in [0.5, 0.6) is 0 Å². The smallest absolute Gasteiger partial charge is 0.244 e. The SMILES string of the molecule is CCCC1CCN(S(=O)(=O)c2cc(CCl)n(CCC)c2)C1. The Hall–Kier alpha value is -0.520. The van der Waals surface area contributed by atoms with Crippen molar-refractivity contribution in [3.05, 3.63) is 18.0 Å². The summed E-state index contributed by atoms with van der Waals surface area (Å²) in [5.41, 5.74) is 0.876. The van der Waals surface area contributed by atoms with Gasteiger partial charge in [-0.2, -0.15) is 4.31 Å². The Morgan fingerprint density at radius 1 is 1.33 bits per heavy atom. The van der Waals surface area contributed by atoms with Crippen LogP contribution in [0, 0.1) is 5.92 Å². The molecule has 0 aliphatic carbocycles. The first-order valence-corrected chi connectivity index (χ1v) is 9.75. The maximum atomic E-state index is 12.7. The van der Waals surface area contributed by atoms with E-state index in [2.05, 4.69) is 13.8 Å². The Kier molecular flexibility index (Phi) is 5.74. The van der Waals surface area contributed by atoms with Gasteiger partial charge in [0.15, 0.2) is 0 Å². The Labute approximate surface area is 133 Å². The lowest BCUT2D eigenvalue weighted by atomic mass is 10.0. The second-order valence-electron chi connectivity index (χ2n) is 5.80. The molecule has 1 aromatic rings. The number of aryl methyl sites for hydroxylation is 1. The highest BCUT2D eigenvalue weighted by molar-refractivity contribution is 7.89. The molecule has 1 unspecified atom stereocenters. The van der Waals surface area contributed by atoms with Crippen LogP contribution in [0.3, 0.4) is 0 Å². The van der Waals surface area contributed by atoms with E-state index in [4.69, 9.17) is 11.6 Å².